The number of amides is 1. The Balaban J connectivity index is 1.76. The highest BCUT2D eigenvalue weighted by atomic mass is 32.2. The van der Waals surface area contributed by atoms with Gasteiger partial charge in [0.2, 0.25) is 15.9 Å². The minimum atomic E-state index is -3.13. The summed E-state index contributed by atoms with van der Waals surface area (Å²) in [4.78, 5) is 12.2. The van der Waals surface area contributed by atoms with Gasteiger partial charge in [0, 0.05) is 25.6 Å². The lowest BCUT2D eigenvalue weighted by Crippen LogP contribution is -2.42. The average Bonchev–Trinajstić information content (AvgIpc) is 2.50. The average molecular weight is 338 g/mol. The topological polar surface area (TPSA) is 66.5 Å². The number of carbonyl (C=O) groups is 1. The fourth-order valence-electron chi connectivity index (χ4n) is 2.88. The molecule has 0 radical (unpaired) electrons. The lowest BCUT2D eigenvalue weighted by atomic mass is 9.97. The monoisotopic (exact) mass is 338 g/mol. The van der Waals surface area contributed by atoms with Gasteiger partial charge >= 0.3 is 0 Å². The molecule has 1 aromatic carbocycles. The maximum Gasteiger partial charge on any atom is 0.223 e. The molecule has 1 aliphatic rings. The standard InChI is InChI=1S/C17H26N2O3S/c1-13-4-5-15(12-14(13)2)6-9-18-17(20)16-7-10-19(11-8-16)23(3,21)22/h4-5,12,16H,6-11H2,1-3H3,(H,18,20). The number of rotatable bonds is 5. The van der Waals surface area contributed by atoms with Crippen LogP contribution in [0.1, 0.15) is 29.5 Å². The molecule has 23 heavy (non-hydrogen) atoms. The van der Waals surface area contributed by atoms with E-state index in [4.69, 9.17) is 0 Å². The Hall–Kier alpha value is -1.40. The van der Waals surface area contributed by atoms with E-state index >= 15 is 0 Å². The van der Waals surface area contributed by atoms with Gasteiger partial charge in [0.1, 0.15) is 0 Å². The fraction of sp³-hybridized carbons (Fsp3) is 0.588. The van der Waals surface area contributed by atoms with Gasteiger partial charge in [0.05, 0.1) is 6.26 Å². The molecule has 0 aromatic heterocycles. The van der Waals surface area contributed by atoms with Crippen LogP contribution in [0, 0.1) is 19.8 Å². The van der Waals surface area contributed by atoms with Gasteiger partial charge in [-0.3, -0.25) is 4.79 Å². The third-order valence-electron chi connectivity index (χ3n) is 4.58. The van der Waals surface area contributed by atoms with E-state index in [9.17, 15) is 13.2 Å². The van der Waals surface area contributed by atoms with Gasteiger partial charge in [-0.15, -0.1) is 0 Å². The summed E-state index contributed by atoms with van der Waals surface area (Å²) in [6, 6.07) is 6.36. The van der Waals surface area contributed by atoms with Gasteiger partial charge in [0.15, 0.2) is 0 Å². The molecule has 1 N–H and O–H groups in total. The summed E-state index contributed by atoms with van der Waals surface area (Å²) in [5, 5.41) is 2.98. The van der Waals surface area contributed by atoms with Crippen LogP contribution in [-0.4, -0.2) is 44.5 Å². The number of hydrogen-bond donors (Lipinski definition) is 1. The molecule has 0 atom stereocenters. The first-order chi connectivity index (χ1) is 10.8. The van der Waals surface area contributed by atoms with Gasteiger partial charge in [-0.2, -0.15) is 0 Å². The Morgan fingerprint density at radius 3 is 2.43 bits per heavy atom. The number of sulfonamides is 1. The molecular formula is C17H26N2O3S. The lowest BCUT2D eigenvalue weighted by molar-refractivity contribution is -0.126. The summed E-state index contributed by atoms with van der Waals surface area (Å²) < 4.78 is 24.4. The molecule has 0 spiro atoms. The first-order valence-electron chi connectivity index (χ1n) is 8.06. The highest BCUT2D eigenvalue weighted by Crippen LogP contribution is 2.19. The first kappa shape index (κ1) is 17.9. The van der Waals surface area contributed by atoms with E-state index in [1.54, 1.807) is 0 Å². The van der Waals surface area contributed by atoms with Crippen molar-refractivity contribution >= 4 is 15.9 Å². The van der Waals surface area contributed by atoms with Gasteiger partial charge in [0.25, 0.3) is 0 Å². The third-order valence-corrected chi connectivity index (χ3v) is 5.88. The van der Waals surface area contributed by atoms with Crippen molar-refractivity contribution in [1.82, 2.24) is 9.62 Å². The van der Waals surface area contributed by atoms with Gasteiger partial charge < -0.3 is 5.32 Å². The Bertz CT molecular complexity index is 662. The second-order valence-electron chi connectivity index (χ2n) is 6.40. The van der Waals surface area contributed by atoms with Crippen molar-refractivity contribution in [1.29, 1.82) is 0 Å². The molecule has 1 heterocycles. The van der Waals surface area contributed by atoms with E-state index in [0.717, 1.165) is 6.42 Å². The number of nitrogens with one attached hydrogen (secondary N) is 1. The van der Waals surface area contributed by atoms with Gasteiger partial charge in [-0.05, 0) is 49.8 Å². The van der Waals surface area contributed by atoms with Crippen LogP contribution in [-0.2, 0) is 21.2 Å². The molecule has 0 unspecified atom stereocenters. The van der Waals surface area contributed by atoms with Gasteiger partial charge in [-0.25, -0.2) is 12.7 Å². The molecule has 1 aromatic rings. The zero-order valence-electron chi connectivity index (χ0n) is 14.1. The Morgan fingerprint density at radius 1 is 1.22 bits per heavy atom. The molecule has 128 valence electrons. The van der Waals surface area contributed by atoms with Crippen molar-refractivity contribution in [3.05, 3.63) is 34.9 Å². The van der Waals surface area contributed by atoms with Crippen molar-refractivity contribution in [2.75, 3.05) is 25.9 Å². The largest absolute Gasteiger partial charge is 0.356 e. The van der Waals surface area contributed by atoms with Crippen LogP contribution >= 0.6 is 0 Å². The highest BCUT2D eigenvalue weighted by Gasteiger charge is 2.28. The van der Waals surface area contributed by atoms with E-state index in [1.165, 1.54) is 27.3 Å². The van der Waals surface area contributed by atoms with E-state index in [2.05, 4.69) is 37.4 Å². The van der Waals surface area contributed by atoms with Crippen molar-refractivity contribution in [2.24, 2.45) is 5.92 Å². The van der Waals surface area contributed by atoms with Crippen LogP contribution in [0.3, 0.4) is 0 Å². The predicted octanol–water partition coefficient (Wildman–Crippen LogP) is 1.63. The Kier molecular flexibility index (Phi) is 5.81. The highest BCUT2D eigenvalue weighted by molar-refractivity contribution is 7.88. The second kappa shape index (κ2) is 7.45. The van der Waals surface area contributed by atoms with Crippen LogP contribution < -0.4 is 5.32 Å². The summed E-state index contributed by atoms with van der Waals surface area (Å²) in [5.41, 5.74) is 3.76. The molecule has 2 rings (SSSR count). The number of carbonyl (C=O) groups excluding carboxylic acids is 1. The van der Waals surface area contributed by atoms with Crippen molar-refractivity contribution < 1.29 is 13.2 Å². The summed E-state index contributed by atoms with van der Waals surface area (Å²) in [5.74, 6) is -0.0326. The molecule has 1 amide bonds. The second-order valence-corrected chi connectivity index (χ2v) is 8.38. The molecular weight excluding hydrogens is 312 g/mol. The third kappa shape index (κ3) is 5.04. The van der Waals surface area contributed by atoms with E-state index < -0.39 is 10.0 Å². The minimum Gasteiger partial charge on any atom is -0.356 e. The molecule has 0 bridgehead atoms. The molecule has 5 nitrogen and oxygen atoms in total. The quantitative estimate of drug-likeness (QED) is 0.887. The number of piperidine rings is 1. The van der Waals surface area contributed by atoms with Crippen LogP contribution in [0.4, 0.5) is 0 Å². The number of benzene rings is 1. The molecule has 0 saturated carbocycles. The molecule has 0 aliphatic carbocycles. The fourth-order valence-corrected chi connectivity index (χ4v) is 3.76. The number of hydrogen-bond acceptors (Lipinski definition) is 3. The van der Waals surface area contributed by atoms with Crippen LogP contribution in [0.15, 0.2) is 18.2 Å². The summed E-state index contributed by atoms with van der Waals surface area (Å²) in [6.07, 6.45) is 3.23. The first-order valence-corrected chi connectivity index (χ1v) is 9.91. The van der Waals surface area contributed by atoms with E-state index in [-0.39, 0.29) is 11.8 Å². The van der Waals surface area contributed by atoms with Crippen molar-refractivity contribution in [3.63, 3.8) is 0 Å². The Morgan fingerprint density at radius 2 is 1.87 bits per heavy atom. The van der Waals surface area contributed by atoms with Crippen molar-refractivity contribution in [3.8, 4) is 0 Å². The molecule has 1 fully saturated rings. The Labute approximate surface area is 139 Å². The molecule has 6 heteroatoms. The minimum absolute atomic E-state index is 0.0435. The van der Waals surface area contributed by atoms with Gasteiger partial charge in [-0.1, -0.05) is 18.2 Å². The van der Waals surface area contributed by atoms with Crippen LogP contribution in [0.2, 0.25) is 0 Å². The molecule has 1 saturated heterocycles. The van der Waals surface area contributed by atoms with Crippen LogP contribution in [0.5, 0.6) is 0 Å². The summed E-state index contributed by atoms with van der Waals surface area (Å²) >= 11 is 0. The maximum atomic E-state index is 12.2. The van der Waals surface area contributed by atoms with Crippen molar-refractivity contribution in [2.45, 2.75) is 33.1 Å². The van der Waals surface area contributed by atoms with E-state index in [0.29, 0.717) is 32.5 Å². The number of aryl methyl sites for hydroxylation is 2. The lowest BCUT2D eigenvalue weighted by Gasteiger charge is -2.29. The normalized spacial score (nSPS) is 17.2. The van der Waals surface area contributed by atoms with E-state index in [1.807, 2.05) is 0 Å². The smallest absolute Gasteiger partial charge is 0.223 e. The number of nitrogens with zero attached hydrogens (tertiary/aromatic N) is 1. The SMILES string of the molecule is Cc1ccc(CCNC(=O)C2CCN(S(C)(=O)=O)CC2)cc1C. The zero-order chi connectivity index (χ0) is 17.0. The van der Waals surface area contributed by atoms with Crippen LogP contribution in [0.25, 0.3) is 0 Å². The molecule has 1 aliphatic heterocycles. The summed E-state index contributed by atoms with van der Waals surface area (Å²) in [7, 11) is -3.13. The zero-order valence-corrected chi connectivity index (χ0v) is 14.9. The predicted molar refractivity (Wildman–Crippen MR) is 91.8 cm³/mol. The summed E-state index contributed by atoms with van der Waals surface area (Å²) in [6.45, 7) is 5.67. The maximum absolute atomic E-state index is 12.2.